The average molecular weight is 467 g/mol. The van der Waals surface area contributed by atoms with Crippen LogP contribution < -0.4 is 10.1 Å². The molecule has 1 heterocycles. The molecule has 0 radical (unpaired) electrons. The molecule has 33 heavy (non-hydrogen) atoms. The van der Waals surface area contributed by atoms with Crippen molar-refractivity contribution < 1.29 is 18.7 Å². The van der Waals surface area contributed by atoms with Gasteiger partial charge in [0, 0.05) is 36.1 Å². The number of rotatable bonds is 6. The molecule has 1 saturated heterocycles. The first-order valence-corrected chi connectivity index (χ1v) is 11.0. The van der Waals surface area contributed by atoms with Gasteiger partial charge in [0.05, 0.1) is 13.0 Å². The Hall–Kier alpha value is -3.38. The zero-order valence-corrected chi connectivity index (χ0v) is 18.9. The van der Waals surface area contributed by atoms with Gasteiger partial charge in [-0.05, 0) is 53.6 Å². The van der Waals surface area contributed by atoms with E-state index in [0.29, 0.717) is 22.9 Å². The minimum atomic E-state index is -0.444. The van der Waals surface area contributed by atoms with Crippen LogP contribution in [-0.4, -0.2) is 36.9 Å². The number of likely N-dealkylation sites (tertiary alicyclic amines) is 1. The molecule has 0 aliphatic carbocycles. The molecule has 1 aliphatic rings. The van der Waals surface area contributed by atoms with E-state index in [4.69, 9.17) is 16.3 Å². The van der Waals surface area contributed by atoms with E-state index < -0.39 is 5.92 Å². The van der Waals surface area contributed by atoms with E-state index in [9.17, 15) is 14.0 Å². The minimum Gasteiger partial charge on any atom is -0.497 e. The average Bonchev–Trinajstić information content (AvgIpc) is 3.29. The van der Waals surface area contributed by atoms with E-state index in [1.165, 1.54) is 12.1 Å². The first-order valence-electron chi connectivity index (χ1n) is 10.7. The number of methoxy groups -OCH3 is 1. The Bertz CT molecular complexity index is 1150. The Morgan fingerprint density at radius 3 is 2.55 bits per heavy atom. The van der Waals surface area contributed by atoms with E-state index in [-0.39, 0.29) is 36.6 Å². The summed E-state index contributed by atoms with van der Waals surface area (Å²) in [5.41, 5.74) is 2.21. The van der Waals surface area contributed by atoms with Crippen LogP contribution in [0.15, 0.2) is 72.8 Å². The molecule has 0 bridgehead atoms. The molecule has 7 heteroatoms. The third-order valence-corrected chi connectivity index (χ3v) is 6.15. The van der Waals surface area contributed by atoms with Gasteiger partial charge in [0.25, 0.3) is 5.91 Å². The van der Waals surface area contributed by atoms with E-state index >= 15 is 0 Å². The molecule has 2 unspecified atom stereocenters. The molecular weight excluding hydrogens is 443 g/mol. The number of benzene rings is 3. The van der Waals surface area contributed by atoms with Gasteiger partial charge in [0.15, 0.2) is 0 Å². The van der Waals surface area contributed by atoms with E-state index in [1.54, 1.807) is 48.4 Å². The van der Waals surface area contributed by atoms with Gasteiger partial charge in [-0.1, -0.05) is 41.9 Å². The topological polar surface area (TPSA) is 58.6 Å². The van der Waals surface area contributed by atoms with Gasteiger partial charge in [0.2, 0.25) is 5.91 Å². The zero-order valence-electron chi connectivity index (χ0n) is 18.1. The van der Waals surface area contributed by atoms with Gasteiger partial charge in [-0.15, -0.1) is 0 Å². The van der Waals surface area contributed by atoms with Crippen LogP contribution in [0.1, 0.15) is 27.4 Å². The number of nitrogens with zero attached hydrogens (tertiary/aromatic N) is 1. The van der Waals surface area contributed by atoms with Crippen molar-refractivity contribution in [1.29, 1.82) is 0 Å². The molecule has 3 aromatic carbocycles. The lowest BCUT2D eigenvalue weighted by molar-refractivity contribution is -0.125. The summed E-state index contributed by atoms with van der Waals surface area (Å²) in [7, 11) is 1.59. The normalized spacial score (nSPS) is 17.6. The van der Waals surface area contributed by atoms with Gasteiger partial charge < -0.3 is 15.0 Å². The highest BCUT2D eigenvalue weighted by molar-refractivity contribution is 6.30. The Kier molecular flexibility index (Phi) is 6.94. The second-order valence-corrected chi connectivity index (χ2v) is 8.49. The molecule has 0 saturated carbocycles. The third kappa shape index (κ3) is 5.34. The fraction of sp³-hybridized carbons (Fsp3) is 0.231. The second kappa shape index (κ2) is 10.0. The number of amides is 2. The number of carbonyl (C=O) groups excluding carboxylic acids is 2. The summed E-state index contributed by atoms with van der Waals surface area (Å²) in [5.74, 6) is -0.600. The Labute approximate surface area is 197 Å². The fourth-order valence-corrected chi connectivity index (χ4v) is 4.36. The van der Waals surface area contributed by atoms with Crippen molar-refractivity contribution in [3.63, 3.8) is 0 Å². The maximum absolute atomic E-state index is 13.2. The van der Waals surface area contributed by atoms with Crippen molar-refractivity contribution >= 4 is 23.4 Å². The number of halogens is 2. The Morgan fingerprint density at radius 2 is 1.82 bits per heavy atom. The number of hydrogen-bond donors (Lipinski definition) is 1. The fourth-order valence-electron chi connectivity index (χ4n) is 4.17. The molecule has 2 atom stereocenters. The van der Waals surface area contributed by atoms with E-state index in [0.717, 1.165) is 11.1 Å². The molecule has 170 valence electrons. The molecule has 0 spiro atoms. The lowest BCUT2D eigenvalue weighted by Gasteiger charge is -2.18. The van der Waals surface area contributed by atoms with Gasteiger partial charge >= 0.3 is 0 Å². The predicted octanol–water partition coefficient (Wildman–Crippen LogP) is 4.66. The molecule has 2 amide bonds. The monoisotopic (exact) mass is 466 g/mol. The van der Waals surface area contributed by atoms with Crippen LogP contribution in [0.25, 0.3) is 0 Å². The lowest BCUT2D eigenvalue weighted by Crippen LogP contribution is -2.35. The SMILES string of the molecule is COc1cccc(C2CN(C(=O)c3cccc(Cl)c3)CC2C(=O)NCc2ccc(F)cc2)c1. The molecular formula is C26H24ClFN2O3. The number of ether oxygens (including phenoxy) is 1. The van der Waals surface area contributed by atoms with Crippen LogP contribution in [0.5, 0.6) is 5.75 Å². The Morgan fingerprint density at radius 1 is 1.06 bits per heavy atom. The predicted molar refractivity (Wildman–Crippen MR) is 125 cm³/mol. The largest absolute Gasteiger partial charge is 0.497 e. The summed E-state index contributed by atoms with van der Waals surface area (Å²) < 4.78 is 18.5. The lowest BCUT2D eigenvalue weighted by atomic mass is 9.88. The highest BCUT2D eigenvalue weighted by atomic mass is 35.5. The van der Waals surface area contributed by atoms with Crippen LogP contribution in [0.3, 0.4) is 0 Å². The molecule has 1 aliphatic heterocycles. The highest BCUT2D eigenvalue weighted by Crippen LogP contribution is 2.35. The maximum Gasteiger partial charge on any atom is 0.253 e. The molecule has 1 N–H and O–H groups in total. The second-order valence-electron chi connectivity index (χ2n) is 8.05. The van der Waals surface area contributed by atoms with Crippen molar-refractivity contribution in [3.05, 3.63) is 100 Å². The molecule has 3 aromatic rings. The van der Waals surface area contributed by atoms with Crippen LogP contribution in [0.4, 0.5) is 4.39 Å². The Balaban J connectivity index is 1.56. The summed E-state index contributed by atoms with van der Waals surface area (Å²) in [6.45, 7) is 0.957. The summed E-state index contributed by atoms with van der Waals surface area (Å²) in [6.07, 6.45) is 0. The summed E-state index contributed by atoms with van der Waals surface area (Å²) in [5, 5.41) is 3.43. The smallest absolute Gasteiger partial charge is 0.253 e. The third-order valence-electron chi connectivity index (χ3n) is 5.92. The van der Waals surface area contributed by atoms with Crippen LogP contribution in [-0.2, 0) is 11.3 Å². The molecule has 1 fully saturated rings. The quantitative estimate of drug-likeness (QED) is 0.574. The van der Waals surface area contributed by atoms with Crippen molar-refractivity contribution in [2.45, 2.75) is 12.5 Å². The standard InChI is InChI=1S/C26H24ClFN2O3/c1-33-22-7-3-4-18(13-22)23-15-30(26(32)19-5-2-6-20(27)12-19)16-24(23)25(31)29-14-17-8-10-21(28)11-9-17/h2-13,23-24H,14-16H2,1H3,(H,29,31). The van der Waals surface area contributed by atoms with Gasteiger partial charge in [-0.2, -0.15) is 0 Å². The van der Waals surface area contributed by atoms with Crippen molar-refractivity contribution in [2.24, 2.45) is 5.92 Å². The molecule has 0 aromatic heterocycles. The number of hydrogen-bond acceptors (Lipinski definition) is 3. The van der Waals surface area contributed by atoms with Crippen molar-refractivity contribution in [2.75, 3.05) is 20.2 Å². The zero-order chi connectivity index (χ0) is 23.4. The van der Waals surface area contributed by atoms with E-state index in [2.05, 4.69) is 5.32 Å². The number of carbonyl (C=O) groups is 2. The van der Waals surface area contributed by atoms with Crippen LogP contribution >= 0.6 is 11.6 Å². The van der Waals surface area contributed by atoms with Gasteiger partial charge in [0.1, 0.15) is 11.6 Å². The summed E-state index contributed by atoms with van der Waals surface area (Å²) in [4.78, 5) is 28.1. The first-order chi connectivity index (χ1) is 15.9. The van der Waals surface area contributed by atoms with Crippen LogP contribution in [0, 0.1) is 11.7 Å². The van der Waals surface area contributed by atoms with Crippen LogP contribution in [0.2, 0.25) is 5.02 Å². The molecule has 4 rings (SSSR count). The minimum absolute atomic E-state index is 0.159. The number of nitrogens with one attached hydrogen (secondary N) is 1. The first kappa shape index (κ1) is 22.8. The van der Waals surface area contributed by atoms with Crippen molar-refractivity contribution in [1.82, 2.24) is 10.2 Å². The summed E-state index contributed by atoms with van der Waals surface area (Å²) >= 11 is 6.07. The maximum atomic E-state index is 13.2. The van der Waals surface area contributed by atoms with E-state index in [1.807, 2.05) is 24.3 Å². The molecule has 5 nitrogen and oxygen atoms in total. The van der Waals surface area contributed by atoms with Gasteiger partial charge in [-0.3, -0.25) is 9.59 Å². The summed E-state index contributed by atoms with van der Waals surface area (Å²) in [6, 6.07) is 20.4. The van der Waals surface area contributed by atoms with Gasteiger partial charge in [-0.25, -0.2) is 4.39 Å². The highest BCUT2D eigenvalue weighted by Gasteiger charge is 2.40. The van der Waals surface area contributed by atoms with Crippen molar-refractivity contribution in [3.8, 4) is 5.75 Å².